The normalized spacial score (nSPS) is 29.1. The van der Waals surface area contributed by atoms with E-state index >= 15 is 0 Å². The molecule has 1 aliphatic rings. The minimum atomic E-state index is -1.35. The second-order valence-electron chi connectivity index (χ2n) is 4.48. The maximum Gasteiger partial charge on any atom is 0.303 e. The zero-order chi connectivity index (χ0) is 15.4. The van der Waals surface area contributed by atoms with Crippen LogP contribution in [-0.2, 0) is 33.4 Å². The Balaban J connectivity index is 3.05. The number of nitrogens with one attached hydrogen (secondary N) is 1. The Morgan fingerprint density at radius 2 is 1.35 bits per heavy atom. The zero-order valence-electron chi connectivity index (χ0n) is 11.7. The zero-order valence-corrected chi connectivity index (χ0v) is 11.7. The summed E-state index contributed by atoms with van der Waals surface area (Å²) >= 11 is 0. The molecule has 1 aliphatic heterocycles. The number of esters is 3. The quantitative estimate of drug-likeness (QED) is 0.540. The van der Waals surface area contributed by atoms with Gasteiger partial charge in [0.2, 0.25) is 6.10 Å². The van der Waals surface area contributed by atoms with E-state index in [-0.39, 0.29) is 0 Å². The van der Waals surface area contributed by atoms with E-state index in [0.717, 1.165) is 13.8 Å². The first-order valence-electron chi connectivity index (χ1n) is 6.04. The van der Waals surface area contributed by atoms with E-state index in [2.05, 4.69) is 5.32 Å². The first-order chi connectivity index (χ1) is 9.22. The number of hydrogen-bond donors (Lipinski definition) is 1. The topological polar surface area (TPSA) is 108 Å². The fourth-order valence-electron chi connectivity index (χ4n) is 1.98. The van der Waals surface area contributed by atoms with Gasteiger partial charge >= 0.3 is 17.9 Å². The second kappa shape index (κ2) is 6.36. The lowest BCUT2D eigenvalue weighted by Gasteiger charge is -2.39. The summed E-state index contributed by atoms with van der Waals surface area (Å²) in [6, 6.07) is -0.581. The van der Waals surface area contributed by atoms with E-state index in [9.17, 15) is 19.2 Å². The molecule has 0 aromatic carbocycles. The van der Waals surface area contributed by atoms with Crippen LogP contribution in [0.15, 0.2) is 0 Å². The fourth-order valence-corrected chi connectivity index (χ4v) is 1.98. The molecule has 1 fully saturated rings. The third kappa shape index (κ3) is 3.94. The molecule has 1 N–H and O–H groups in total. The number of amides is 1. The summed E-state index contributed by atoms with van der Waals surface area (Å²) in [6.45, 7) is 5.05. The van der Waals surface area contributed by atoms with Crippen molar-refractivity contribution in [3.05, 3.63) is 0 Å². The molecule has 20 heavy (non-hydrogen) atoms. The first kappa shape index (κ1) is 15.9. The van der Waals surface area contributed by atoms with Crippen LogP contribution in [0, 0.1) is 0 Å². The number of carbonyl (C=O) groups is 4. The molecule has 112 valence electrons. The Labute approximate surface area is 115 Å². The molecule has 0 aromatic rings. The maximum absolute atomic E-state index is 11.8. The van der Waals surface area contributed by atoms with Gasteiger partial charge in [0.05, 0.1) is 6.04 Å². The second-order valence-corrected chi connectivity index (χ2v) is 4.48. The van der Waals surface area contributed by atoms with Crippen molar-refractivity contribution in [2.24, 2.45) is 0 Å². The van der Waals surface area contributed by atoms with Crippen molar-refractivity contribution < 1.29 is 33.4 Å². The smallest absolute Gasteiger partial charge is 0.303 e. The Kier molecular flexibility index (Phi) is 5.06. The molecular formula is C12H17NO7. The maximum atomic E-state index is 11.8. The molecule has 1 rings (SSSR count). The lowest BCUT2D eigenvalue weighted by molar-refractivity contribution is -0.194. The van der Waals surface area contributed by atoms with E-state index in [1.165, 1.54) is 6.92 Å². The van der Waals surface area contributed by atoms with Crippen molar-refractivity contribution >= 4 is 23.8 Å². The van der Waals surface area contributed by atoms with Crippen LogP contribution < -0.4 is 5.32 Å². The highest BCUT2D eigenvalue weighted by Gasteiger charge is 2.48. The number of carbonyl (C=O) groups excluding carboxylic acids is 4. The predicted molar refractivity (Wildman–Crippen MR) is 64.3 cm³/mol. The predicted octanol–water partition coefficient (Wildman–Crippen LogP) is -0.700. The van der Waals surface area contributed by atoms with Crippen LogP contribution in [0.5, 0.6) is 0 Å². The molecule has 1 amide bonds. The van der Waals surface area contributed by atoms with Gasteiger partial charge in [-0.1, -0.05) is 0 Å². The van der Waals surface area contributed by atoms with Crippen LogP contribution in [0.2, 0.25) is 0 Å². The molecule has 0 spiro atoms. The van der Waals surface area contributed by atoms with Gasteiger partial charge in [-0.05, 0) is 6.92 Å². The highest BCUT2D eigenvalue weighted by atomic mass is 16.6. The largest absolute Gasteiger partial charge is 0.456 e. The van der Waals surface area contributed by atoms with E-state index in [1.807, 2.05) is 0 Å². The summed E-state index contributed by atoms with van der Waals surface area (Å²) in [6.07, 6.45) is -3.46. The molecule has 0 saturated carbocycles. The van der Waals surface area contributed by atoms with Gasteiger partial charge in [0.15, 0.2) is 12.2 Å². The Hall–Kier alpha value is -2.12. The lowest BCUT2D eigenvalue weighted by atomic mass is 9.96. The van der Waals surface area contributed by atoms with Gasteiger partial charge < -0.3 is 19.5 Å². The van der Waals surface area contributed by atoms with E-state index in [4.69, 9.17) is 14.2 Å². The van der Waals surface area contributed by atoms with Crippen molar-refractivity contribution in [1.29, 1.82) is 0 Å². The highest BCUT2D eigenvalue weighted by molar-refractivity contribution is 5.86. The summed E-state index contributed by atoms with van der Waals surface area (Å²) in [5.41, 5.74) is 0. The standard InChI is InChI=1S/C12H17NO7/c1-5-9(18-6(2)14)10(19-7(3)15)11(12(17)13-5)20-8(4)16/h5,9-11H,1-4H3,(H,13,17)/t5?,9-,10-,11?/m0/s1. The van der Waals surface area contributed by atoms with Crippen LogP contribution in [0.1, 0.15) is 27.7 Å². The Morgan fingerprint density at radius 1 is 0.900 bits per heavy atom. The van der Waals surface area contributed by atoms with Crippen molar-refractivity contribution in [2.75, 3.05) is 0 Å². The minimum Gasteiger partial charge on any atom is -0.456 e. The van der Waals surface area contributed by atoms with Gasteiger partial charge in [-0.25, -0.2) is 0 Å². The Morgan fingerprint density at radius 3 is 1.80 bits per heavy atom. The number of hydrogen-bond acceptors (Lipinski definition) is 7. The van der Waals surface area contributed by atoms with Gasteiger partial charge in [-0.15, -0.1) is 0 Å². The summed E-state index contributed by atoms with van der Waals surface area (Å²) in [4.78, 5) is 45.2. The number of ether oxygens (including phenoxy) is 3. The third-order valence-corrected chi connectivity index (χ3v) is 2.64. The molecule has 8 nitrogen and oxygen atoms in total. The lowest BCUT2D eigenvalue weighted by Crippen LogP contribution is -2.64. The van der Waals surface area contributed by atoms with E-state index < -0.39 is 48.2 Å². The average Bonchev–Trinajstić information content (AvgIpc) is 2.27. The van der Waals surface area contributed by atoms with Gasteiger partial charge in [0.1, 0.15) is 0 Å². The summed E-state index contributed by atoms with van der Waals surface area (Å²) in [7, 11) is 0. The van der Waals surface area contributed by atoms with Crippen molar-refractivity contribution in [3.63, 3.8) is 0 Å². The Bertz CT molecular complexity index is 434. The van der Waals surface area contributed by atoms with Gasteiger partial charge in [-0.2, -0.15) is 0 Å². The van der Waals surface area contributed by atoms with Crippen LogP contribution in [0.3, 0.4) is 0 Å². The monoisotopic (exact) mass is 287 g/mol. The molecule has 2 unspecified atom stereocenters. The minimum absolute atomic E-state index is 0.581. The molecule has 1 heterocycles. The molecule has 0 aliphatic carbocycles. The van der Waals surface area contributed by atoms with Gasteiger partial charge in [-0.3, -0.25) is 19.2 Å². The van der Waals surface area contributed by atoms with Crippen LogP contribution in [0.4, 0.5) is 0 Å². The van der Waals surface area contributed by atoms with Crippen LogP contribution >= 0.6 is 0 Å². The summed E-state index contributed by atoms with van der Waals surface area (Å²) in [5, 5.41) is 2.51. The van der Waals surface area contributed by atoms with Crippen molar-refractivity contribution in [1.82, 2.24) is 5.32 Å². The SMILES string of the molecule is CC(=O)OC1C(=O)NC(C)[C@H](OC(C)=O)[C@@H]1OC(C)=O. The molecule has 0 aromatic heterocycles. The third-order valence-electron chi connectivity index (χ3n) is 2.64. The molecule has 0 bridgehead atoms. The molecular weight excluding hydrogens is 270 g/mol. The summed E-state index contributed by atoms with van der Waals surface area (Å²) in [5.74, 6) is -2.59. The fraction of sp³-hybridized carbons (Fsp3) is 0.667. The van der Waals surface area contributed by atoms with Crippen molar-refractivity contribution in [3.8, 4) is 0 Å². The first-order valence-corrected chi connectivity index (χ1v) is 6.04. The molecule has 4 atom stereocenters. The van der Waals surface area contributed by atoms with Crippen LogP contribution in [0.25, 0.3) is 0 Å². The van der Waals surface area contributed by atoms with E-state index in [0.29, 0.717) is 0 Å². The summed E-state index contributed by atoms with van der Waals surface area (Å²) < 4.78 is 14.9. The molecule has 1 saturated heterocycles. The number of rotatable bonds is 3. The van der Waals surface area contributed by atoms with E-state index in [1.54, 1.807) is 6.92 Å². The number of piperidine rings is 1. The van der Waals surface area contributed by atoms with Gasteiger partial charge in [0, 0.05) is 20.8 Å². The van der Waals surface area contributed by atoms with Gasteiger partial charge in [0.25, 0.3) is 5.91 Å². The highest BCUT2D eigenvalue weighted by Crippen LogP contribution is 2.21. The van der Waals surface area contributed by atoms with Crippen molar-refractivity contribution in [2.45, 2.75) is 52.0 Å². The molecule has 0 radical (unpaired) electrons. The van der Waals surface area contributed by atoms with Crippen LogP contribution in [-0.4, -0.2) is 48.2 Å². The average molecular weight is 287 g/mol. The molecule has 8 heteroatoms.